The number of rotatable bonds is 6. The van der Waals surface area contributed by atoms with E-state index in [0.29, 0.717) is 17.5 Å². The zero-order valence-corrected chi connectivity index (χ0v) is 14.9. The predicted octanol–water partition coefficient (Wildman–Crippen LogP) is 4.94. The Labute approximate surface area is 147 Å². The van der Waals surface area contributed by atoms with Crippen LogP contribution in [0.2, 0.25) is 0 Å². The fraction of sp³-hybridized carbons (Fsp3) is 0.176. The van der Waals surface area contributed by atoms with Crippen LogP contribution in [0.1, 0.15) is 11.5 Å². The van der Waals surface area contributed by atoms with Gasteiger partial charge in [-0.15, -0.1) is 22.0 Å². The van der Waals surface area contributed by atoms with Gasteiger partial charge in [0.25, 0.3) is 0 Å². The van der Waals surface area contributed by atoms with Crippen molar-refractivity contribution in [2.24, 2.45) is 0 Å². The van der Waals surface area contributed by atoms with E-state index in [0.717, 1.165) is 21.5 Å². The second-order valence-corrected chi connectivity index (χ2v) is 6.75. The Kier molecular flexibility index (Phi) is 5.35. The monoisotopic (exact) mass is 390 g/mol. The normalized spacial score (nSPS) is 10.7. The molecule has 0 N–H and O–H groups in total. The molecule has 1 aromatic heterocycles. The molecule has 0 aliphatic carbocycles. The molecule has 118 valence electrons. The molecule has 0 bridgehead atoms. The van der Waals surface area contributed by atoms with Gasteiger partial charge < -0.3 is 9.15 Å². The van der Waals surface area contributed by atoms with Crippen LogP contribution in [0.15, 0.2) is 57.4 Å². The molecule has 4 nitrogen and oxygen atoms in total. The van der Waals surface area contributed by atoms with E-state index < -0.39 is 0 Å². The highest BCUT2D eigenvalue weighted by molar-refractivity contribution is 9.10. The van der Waals surface area contributed by atoms with Crippen molar-refractivity contribution < 1.29 is 9.15 Å². The average molecular weight is 391 g/mol. The van der Waals surface area contributed by atoms with Crippen LogP contribution in [0.4, 0.5) is 0 Å². The van der Waals surface area contributed by atoms with Crippen LogP contribution in [0, 0.1) is 0 Å². The first-order valence-electron chi connectivity index (χ1n) is 7.03. The number of aromatic nitrogens is 2. The maximum Gasteiger partial charge on any atom is 0.247 e. The molecule has 0 unspecified atom stereocenters. The number of benzene rings is 2. The van der Waals surface area contributed by atoms with Gasteiger partial charge in [0, 0.05) is 15.8 Å². The van der Waals surface area contributed by atoms with E-state index in [1.807, 2.05) is 42.5 Å². The number of ether oxygens (including phenoxy) is 1. The van der Waals surface area contributed by atoms with E-state index in [1.54, 1.807) is 18.9 Å². The molecule has 0 aliphatic rings. The fourth-order valence-corrected chi connectivity index (χ4v) is 3.11. The van der Waals surface area contributed by atoms with E-state index in [4.69, 9.17) is 9.15 Å². The second kappa shape index (κ2) is 7.66. The van der Waals surface area contributed by atoms with Gasteiger partial charge in [0.1, 0.15) is 5.75 Å². The van der Waals surface area contributed by atoms with E-state index in [9.17, 15) is 0 Å². The van der Waals surface area contributed by atoms with Crippen LogP contribution in [0.3, 0.4) is 0 Å². The van der Waals surface area contributed by atoms with Crippen molar-refractivity contribution in [3.63, 3.8) is 0 Å². The Bertz CT molecular complexity index is 774. The summed E-state index contributed by atoms with van der Waals surface area (Å²) in [5.41, 5.74) is 2.13. The molecule has 0 saturated carbocycles. The SMILES string of the molecule is COc1cccc(CSCc2nnc(-c3ccc(Br)cc3)o2)c1. The van der Waals surface area contributed by atoms with Crippen LogP contribution >= 0.6 is 27.7 Å². The van der Waals surface area contributed by atoms with Crippen molar-refractivity contribution >= 4 is 27.7 Å². The summed E-state index contributed by atoms with van der Waals surface area (Å²) in [5.74, 6) is 3.61. The largest absolute Gasteiger partial charge is 0.497 e. The first-order chi connectivity index (χ1) is 11.2. The van der Waals surface area contributed by atoms with Gasteiger partial charge >= 0.3 is 0 Å². The maximum absolute atomic E-state index is 5.71. The Morgan fingerprint density at radius 1 is 1.09 bits per heavy atom. The van der Waals surface area contributed by atoms with E-state index >= 15 is 0 Å². The summed E-state index contributed by atoms with van der Waals surface area (Å²) in [4.78, 5) is 0. The smallest absolute Gasteiger partial charge is 0.247 e. The first-order valence-corrected chi connectivity index (χ1v) is 8.98. The summed E-state index contributed by atoms with van der Waals surface area (Å²) in [5, 5.41) is 8.21. The number of methoxy groups -OCH3 is 1. The summed E-state index contributed by atoms with van der Waals surface area (Å²) in [7, 11) is 1.67. The lowest BCUT2D eigenvalue weighted by molar-refractivity contribution is 0.414. The molecule has 23 heavy (non-hydrogen) atoms. The molecular formula is C17H15BrN2O2S. The summed E-state index contributed by atoms with van der Waals surface area (Å²) in [6.07, 6.45) is 0. The maximum atomic E-state index is 5.71. The number of halogens is 1. The number of hydrogen-bond donors (Lipinski definition) is 0. The molecule has 6 heteroatoms. The minimum Gasteiger partial charge on any atom is -0.497 e. The van der Waals surface area contributed by atoms with Crippen LogP contribution in [-0.2, 0) is 11.5 Å². The molecule has 3 rings (SSSR count). The first kappa shape index (κ1) is 16.1. The Hall–Kier alpha value is -1.79. The topological polar surface area (TPSA) is 48.2 Å². The van der Waals surface area contributed by atoms with Crippen molar-refractivity contribution in [2.75, 3.05) is 7.11 Å². The fourth-order valence-electron chi connectivity index (χ4n) is 2.04. The number of hydrogen-bond acceptors (Lipinski definition) is 5. The molecule has 1 heterocycles. The van der Waals surface area contributed by atoms with Gasteiger partial charge in [0.2, 0.25) is 11.8 Å². The molecular weight excluding hydrogens is 376 g/mol. The molecule has 0 atom stereocenters. The molecule has 2 aromatic carbocycles. The highest BCUT2D eigenvalue weighted by Gasteiger charge is 2.08. The molecule has 0 saturated heterocycles. The van der Waals surface area contributed by atoms with Crippen LogP contribution in [0.25, 0.3) is 11.5 Å². The number of thioether (sulfide) groups is 1. The zero-order valence-electron chi connectivity index (χ0n) is 12.5. The minimum absolute atomic E-state index is 0.550. The predicted molar refractivity (Wildman–Crippen MR) is 95.4 cm³/mol. The molecule has 3 aromatic rings. The summed E-state index contributed by atoms with van der Waals surface area (Å²) >= 11 is 5.14. The van der Waals surface area contributed by atoms with Gasteiger partial charge in [0.15, 0.2) is 0 Å². The van der Waals surface area contributed by atoms with Crippen LogP contribution in [0.5, 0.6) is 5.75 Å². The highest BCUT2D eigenvalue weighted by atomic mass is 79.9. The quantitative estimate of drug-likeness (QED) is 0.596. The van der Waals surface area contributed by atoms with Crippen molar-refractivity contribution in [1.29, 1.82) is 0 Å². The molecule has 0 amide bonds. The zero-order chi connectivity index (χ0) is 16.1. The Balaban J connectivity index is 1.58. The van der Waals surface area contributed by atoms with Crippen molar-refractivity contribution in [2.45, 2.75) is 11.5 Å². The van der Waals surface area contributed by atoms with Gasteiger partial charge in [-0.1, -0.05) is 28.1 Å². The van der Waals surface area contributed by atoms with E-state index in [-0.39, 0.29) is 0 Å². The summed E-state index contributed by atoms with van der Waals surface area (Å²) in [6, 6.07) is 15.9. The van der Waals surface area contributed by atoms with Crippen molar-refractivity contribution in [3.8, 4) is 17.2 Å². The van der Waals surface area contributed by atoms with Crippen molar-refractivity contribution in [3.05, 3.63) is 64.5 Å². The van der Waals surface area contributed by atoms with Gasteiger partial charge in [-0.2, -0.15) is 0 Å². The second-order valence-electron chi connectivity index (χ2n) is 4.85. The van der Waals surface area contributed by atoms with Crippen LogP contribution in [-0.4, -0.2) is 17.3 Å². The summed E-state index contributed by atoms with van der Waals surface area (Å²) in [6.45, 7) is 0. The Morgan fingerprint density at radius 2 is 1.91 bits per heavy atom. The van der Waals surface area contributed by atoms with Crippen LogP contribution < -0.4 is 4.74 Å². The third kappa shape index (κ3) is 4.36. The standard InChI is InChI=1S/C17H15BrN2O2S/c1-21-15-4-2-3-12(9-15)10-23-11-16-19-20-17(22-16)13-5-7-14(18)8-6-13/h2-9H,10-11H2,1H3. The van der Waals surface area contributed by atoms with Crippen molar-refractivity contribution in [1.82, 2.24) is 10.2 Å². The molecule has 0 aliphatic heterocycles. The van der Waals surface area contributed by atoms with Gasteiger partial charge in [-0.05, 0) is 42.0 Å². The van der Waals surface area contributed by atoms with Gasteiger partial charge in [-0.3, -0.25) is 0 Å². The van der Waals surface area contributed by atoms with Gasteiger partial charge in [-0.25, -0.2) is 0 Å². The molecule has 0 radical (unpaired) electrons. The summed E-state index contributed by atoms with van der Waals surface area (Å²) < 4.78 is 12.0. The lowest BCUT2D eigenvalue weighted by Crippen LogP contribution is -1.86. The third-order valence-corrected chi connectivity index (χ3v) is 4.70. The highest BCUT2D eigenvalue weighted by Crippen LogP contribution is 2.24. The average Bonchev–Trinajstić information content (AvgIpc) is 3.04. The molecule has 0 fully saturated rings. The minimum atomic E-state index is 0.550. The van der Waals surface area contributed by atoms with E-state index in [1.165, 1.54) is 5.56 Å². The van der Waals surface area contributed by atoms with Gasteiger partial charge in [0.05, 0.1) is 12.9 Å². The number of nitrogens with zero attached hydrogens (tertiary/aromatic N) is 2. The third-order valence-electron chi connectivity index (χ3n) is 3.19. The lowest BCUT2D eigenvalue weighted by Gasteiger charge is -2.03. The molecule has 0 spiro atoms. The Morgan fingerprint density at radius 3 is 2.70 bits per heavy atom. The van der Waals surface area contributed by atoms with E-state index in [2.05, 4.69) is 32.2 Å². The lowest BCUT2D eigenvalue weighted by atomic mass is 10.2.